The summed E-state index contributed by atoms with van der Waals surface area (Å²) in [5.41, 5.74) is 0.955. The van der Waals surface area contributed by atoms with Gasteiger partial charge >= 0.3 is 5.97 Å². The van der Waals surface area contributed by atoms with E-state index in [1.807, 2.05) is 13.8 Å². The largest absolute Gasteiger partial charge is 0.493 e. The molecule has 0 saturated carbocycles. The minimum Gasteiger partial charge on any atom is -0.493 e. The number of fused-ring (bicyclic) bond motifs is 1. The highest BCUT2D eigenvalue weighted by molar-refractivity contribution is 6.24. The second kappa shape index (κ2) is 9.72. The van der Waals surface area contributed by atoms with E-state index in [1.54, 1.807) is 30.3 Å². The summed E-state index contributed by atoms with van der Waals surface area (Å²) in [6, 6.07) is 8.64. The third-order valence-electron chi connectivity index (χ3n) is 5.09. The van der Waals surface area contributed by atoms with Gasteiger partial charge in [0.05, 0.1) is 49.6 Å². The molecule has 0 aliphatic carbocycles. The number of methoxy groups -OCH3 is 2. The molecule has 0 unspecified atom stereocenters. The molecule has 0 spiro atoms. The minimum absolute atomic E-state index is 0.0831. The highest BCUT2D eigenvalue weighted by Crippen LogP contribution is 2.39. The normalized spacial score (nSPS) is 13.6. The van der Waals surface area contributed by atoms with Crippen molar-refractivity contribution in [3.63, 3.8) is 0 Å². The average molecular weight is 454 g/mol. The van der Waals surface area contributed by atoms with Crippen molar-refractivity contribution in [3.05, 3.63) is 53.1 Å². The number of carbonyl (C=O) groups is 4. The number of amides is 3. The summed E-state index contributed by atoms with van der Waals surface area (Å²) in [5, 5.41) is 2.59. The van der Waals surface area contributed by atoms with Crippen LogP contribution < -0.4 is 14.8 Å². The van der Waals surface area contributed by atoms with Crippen molar-refractivity contribution >= 4 is 29.4 Å². The van der Waals surface area contributed by atoms with Crippen LogP contribution in [-0.4, -0.2) is 48.9 Å². The molecule has 1 atom stereocenters. The SMILES string of the molecule is COC(=O)C[C@@H](c1ccc(OC)c(OC(C)C)c1)N1C(=O)c2cccc(NC(C)=O)c2C1=O. The summed E-state index contributed by atoms with van der Waals surface area (Å²) in [5.74, 6) is -1.27. The molecule has 2 aromatic carbocycles. The second-order valence-corrected chi connectivity index (χ2v) is 7.76. The lowest BCUT2D eigenvalue weighted by molar-refractivity contribution is -0.141. The third-order valence-corrected chi connectivity index (χ3v) is 5.09. The molecule has 1 heterocycles. The van der Waals surface area contributed by atoms with Gasteiger partial charge in [-0.2, -0.15) is 0 Å². The molecular weight excluding hydrogens is 428 g/mol. The Kier molecular flexibility index (Phi) is 7.01. The van der Waals surface area contributed by atoms with Crippen LogP contribution >= 0.6 is 0 Å². The molecule has 33 heavy (non-hydrogen) atoms. The molecule has 9 heteroatoms. The van der Waals surface area contributed by atoms with Gasteiger partial charge in [-0.25, -0.2) is 0 Å². The second-order valence-electron chi connectivity index (χ2n) is 7.76. The first-order valence-corrected chi connectivity index (χ1v) is 10.4. The molecule has 3 rings (SSSR count). The maximum Gasteiger partial charge on any atom is 0.307 e. The molecule has 2 aromatic rings. The number of rotatable bonds is 8. The maximum absolute atomic E-state index is 13.4. The van der Waals surface area contributed by atoms with Crippen LogP contribution in [0.3, 0.4) is 0 Å². The summed E-state index contributed by atoms with van der Waals surface area (Å²) >= 11 is 0. The van der Waals surface area contributed by atoms with Crippen LogP contribution in [0.1, 0.15) is 59.5 Å². The fraction of sp³-hybridized carbons (Fsp3) is 0.333. The van der Waals surface area contributed by atoms with Crippen LogP contribution in [0.25, 0.3) is 0 Å². The highest BCUT2D eigenvalue weighted by atomic mass is 16.5. The van der Waals surface area contributed by atoms with Crippen LogP contribution in [0.4, 0.5) is 5.69 Å². The van der Waals surface area contributed by atoms with Crippen molar-refractivity contribution in [3.8, 4) is 11.5 Å². The summed E-state index contributed by atoms with van der Waals surface area (Å²) < 4.78 is 16.0. The number of anilines is 1. The lowest BCUT2D eigenvalue weighted by Gasteiger charge is -2.27. The first-order valence-electron chi connectivity index (χ1n) is 10.4. The number of nitrogens with one attached hydrogen (secondary N) is 1. The van der Waals surface area contributed by atoms with Gasteiger partial charge in [0.15, 0.2) is 11.5 Å². The Morgan fingerprint density at radius 3 is 2.36 bits per heavy atom. The molecule has 1 N–H and O–H groups in total. The Balaban J connectivity index is 2.10. The van der Waals surface area contributed by atoms with Crippen LogP contribution in [0.15, 0.2) is 36.4 Å². The molecule has 9 nitrogen and oxygen atoms in total. The van der Waals surface area contributed by atoms with Gasteiger partial charge in [-0.3, -0.25) is 24.1 Å². The number of nitrogens with zero attached hydrogens (tertiary/aromatic N) is 1. The van der Waals surface area contributed by atoms with Gasteiger partial charge in [-0.05, 0) is 43.7 Å². The van der Waals surface area contributed by atoms with Gasteiger partial charge in [0.2, 0.25) is 5.91 Å². The molecule has 0 radical (unpaired) electrons. The Bertz CT molecular complexity index is 1110. The van der Waals surface area contributed by atoms with E-state index in [0.717, 1.165) is 4.90 Å². The Morgan fingerprint density at radius 2 is 1.76 bits per heavy atom. The molecule has 1 aliphatic rings. The van der Waals surface area contributed by atoms with Gasteiger partial charge in [0, 0.05) is 6.92 Å². The van der Waals surface area contributed by atoms with E-state index in [1.165, 1.54) is 27.2 Å². The van der Waals surface area contributed by atoms with Crippen LogP contribution in [0, 0.1) is 0 Å². The molecule has 1 aliphatic heterocycles. The molecule has 0 fully saturated rings. The average Bonchev–Trinajstić information content (AvgIpc) is 3.02. The summed E-state index contributed by atoms with van der Waals surface area (Å²) in [7, 11) is 2.74. The van der Waals surface area contributed by atoms with Crippen LogP contribution in [-0.2, 0) is 14.3 Å². The maximum atomic E-state index is 13.4. The van der Waals surface area contributed by atoms with Crippen LogP contribution in [0.5, 0.6) is 11.5 Å². The smallest absolute Gasteiger partial charge is 0.307 e. The zero-order valence-corrected chi connectivity index (χ0v) is 19.1. The zero-order valence-electron chi connectivity index (χ0n) is 19.1. The summed E-state index contributed by atoms with van der Waals surface area (Å²) in [4.78, 5) is 51.6. The van der Waals surface area contributed by atoms with Gasteiger partial charge in [-0.1, -0.05) is 12.1 Å². The lowest BCUT2D eigenvalue weighted by atomic mass is 10.0. The predicted molar refractivity (Wildman–Crippen MR) is 119 cm³/mol. The Morgan fingerprint density at radius 1 is 1.03 bits per heavy atom. The summed E-state index contributed by atoms with van der Waals surface area (Å²) in [6.45, 7) is 5.02. The van der Waals surface area contributed by atoms with E-state index >= 15 is 0 Å². The number of hydrogen-bond donors (Lipinski definition) is 1. The fourth-order valence-electron chi connectivity index (χ4n) is 3.73. The number of imide groups is 1. The molecule has 0 saturated heterocycles. The number of esters is 1. The number of benzene rings is 2. The van der Waals surface area contributed by atoms with Crippen molar-refractivity contribution in [2.75, 3.05) is 19.5 Å². The van der Waals surface area contributed by atoms with Crippen LogP contribution in [0.2, 0.25) is 0 Å². The fourth-order valence-corrected chi connectivity index (χ4v) is 3.73. The molecule has 174 valence electrons. The lowest BCUT2D eigenvalue weighted by Crippen LogP contribution is -2.35. The first-order chi connectivity index (χ1) is 15.7. The summed E-state index contributed by atoms with van der Waals surface area (Å²) in [6.07, 6.45) is -0.419. The van der Waals surface area contributed by atoms with E-state index in [0.29, 0.717) is 17.1 Å². The number of carbonyl (C=O) groups excluding carboxylic acids is 4. The van der Waals surface area contributed by atoms with Gasteiger partial charge in [0.1, 0.15) is 0 Å². The van der Waals surface area contributed by atoms with Crippen molar-refractivity contribution < 1.29 is 33.4 Å². The van der Waals surface area contributed by atoms with E-state index in [4.69, 9.17) is 14.2 Å². The topological polar surface area (TPSA) is 111 Å². The van der Waals surface area contributed by atoms with Gasteiger partial charge in [-0.15, -0.1) is 0 Å². The van der Waals surface area contributed by atoms with Crippen molar-refractivity contribution in [2.24, 2.45) is 0 Å². The molecular formula is C24H26N2O7. The molecule has 3 amide bonds. The quantitative estimate of drug-likeness (QED) is 0.481. The molecule has 0 aromatic heterocycles. The zero-order chi connectivity index (χ0) is 24.3. The van der Waals surface area contributed by atoms with Gasteiger partial charge < -0.3 is 19.5 Å². The highest BCUT2D eigenvalue weighted by Gasteiger charge is 2.43. The number of hydrogen-bond acceptors (Lipinski definition) is 7. The van der Waals surface area contributed by atoms with Crippen molar-refractivity contribution in [1.82, 2.24) is 4.90 Å². The van der Waals surface area contributed by atoms with E-state index < -0.39 is 23.8 Å². The predicted octanol–water partition coefficient (Wildman–Crippen LogP) is 3.34. The van der Waals surface area contributed by atoms with E-state index in [2.05, 4.69) is 5.32 Å². The minimum atomic E-state index is -0.963. The first kappa shape index (κ1) is 23.8. The third kappa shape index (κ3) is 4.82. The standard InChI is InChI=1S/C24H26N2O7/c1-13(2)33-20-11-15(9-10-19(20)31-4)18(12-21(28)32-5)26-23(29)16-7-6-8-17(25-14(3)27)22(16)24(26)30/h6-11,13,18H,12H2,1-5H3,(H,25,27)/t18-/m0/s1. The monoisotopic (exact) mass is 454 g/mol. The van der Waals surface area contributed by atoms with Crippen molar-refractivity contribution in [2.45, 2.75) is 39.3 Å². The Hall–Kier alpha value is -3.88. The molecule has 0 bridgehead atoms. The van der Waals surface area contributed by atoms with E-state index in [9.17, 15) is 19.2 Å². The Labute approximate surface area is 191 Å². The van der Waals surface area contributed by atoms with Crippen molar-refractivity contribution in [1.29, 1.82) is 0 Å². The van der Waals surface area contributed by atoms with Gasteiger partial charge in [0.25, 0.3) is 11.8 Å². The van der Waals surface area contributed by atoms with E-state index in [-0.39, 0.29) is 35.2 Å². The number of ether oxygens (including phenoxy) is 3.